The fourth-order valence-corrected chi connectivity index (χ4v) is 1.58. The molecule has 0 spiro atoms. The number of rotatable bonds is 1. The molecule has 0 bridgehead atoms. The van der Waals surface area contributed by atoms with Crippen LogP contribution >= 0.6 is 0 Å². The lowest BCUT2D eigenvalue weighted by molar-refractivity contribution is 0.471. The van der Waals surface area contributed by atoms with Gasteiger partial charge in [-0.05, 0) is 42.7 Å². The molecule has 0 saturated heterocycles. The van der Waals surface area contributed by atoms with Crippen LogP contribution in [-0.2, 0) is 0 Å². The molecule has 2 rings (SSSR count). The minimum Gasteiger partial charge on any atom is -0.508 e. The number of aryl methyl sites for hydroxylation is 2. The van der Waals surface area contributed by atoms with Gasteiger partial charge in [0.05, 0.1) is 0 Å². The molecule has 0 heterocycles. The topological polar surface area (TPSA) is 20.2 Å². The Morgan fingerprint density at radius 3 is 2.00 bits per heavy atom. The highest BCUT2D eigenvalue weighted by atomic mass is 16.3. The van der Waals surface area contributed by atoms with Crippen LogP contribution in [0, 0.1) is 13.8 Å². The standard InChI is InChI=1S/C14H14O/c1-10-3-5-12(6-4-10)13-7-8-14(15)11(2)9-13/h3-9,15H,1-2H3. The van der Waals surface area contributed by atoms with Gasteiger partial charge in [-0.15, -0.1) is 0 Å². The zero-order chi connectivity index (χ0) is 10.8. The molecule has 0 aliphatic rings. The molecular weight excluding hydrogens is 184 g/mol. The molecule has 1 nitrogen and oxygen atoms in total. The first-order valence-electron chi connectivity index (χ1n) is 5.03. The summed E-state index contributed by atoms with van der Waals surface area (Å²) in [5.74, 6) is 0.353. The van der Waals surface area contributed by atoms with E-state index in [0.29, 0.717) is 5.75 Å². The number of benzene rings is 2. The highest BCUT2D eigenvalue weighted by Gasteiger charge is 2.00. The smallest absolute Gasteiger partial charge is 0.118 e. The van der Waals surface area contributed by atoms with E-state index in [4.69, 9.17) is 0 Å². The van der Waals surface area contributed by atoms with Crippen molar-refractivity contribution in [3.63, 3.8) is 0 Å². The second kappa shape index (κ2) is 3.77. The van der Waals surface area contributed by atoms with Gasteiger partial charge in [0.15, 0.2) is 0 Å². The van der Waals surface area contributed by atoms with Crippen molar-refractivity contribution in [1.82, 2.24) is 0 Å². The highest BCUT2D eigenvalue weighted by Crippen LogP contribution is 2.25. The van der Waals surface area contributed by atoms with Gasteiger partial charge < -0.3 is 5.11 Å². The van der Waals surface area contributed by atoms with E-state index < -0.39 is 0 Å². The Balaban J connectivity index is 2.45. The first kappa shape index (κ1) is 9.78. The zero-order valence-electron chi connectivity index (χ0n) is 8.99. The van der Waals surface area contributed by atoms with Crippen molar-refractivity contribution >= 4 is 0 Å². The van der Waals surface area contributed by atoms with Crippen LogP contribution in [0.15, 0.2) is 42.5 Å². The number of phenolic OH excluding ortho intramolecular Hbond substituents is 1. The second-order valence-corrected chi connectivity index (χ2v) is 3.87. The van der Waals surface area contributed by atoms with E-state index in [9.17, 15) is 5.11 Å². The summed E-state index contributed by atoms with van der Waals surface area (Å²) in [5, 5.41) is 9.43. The number of hydrogen-bond donors (Lipinski definition) is 1. The van der Waals surface area contributed by atoms with Gasteiger partial charge in [0.1, 0.15) is 5.75 Å². The van der Waals surface area contributed by atoms with E-state index in [0.717, 1.165) is 11.1 Å². The maximum Gasteiger partial charge on any atom is 0.118 e. The third-order valence-electron chi connectivity index (χ3n) is 2.58. The molecule has 0 amide bonds. The van der Waals surface area contributed by atoms with Crippen molar-refractivity contribution in [2.24, 2.45) is 0 Å². The number of phenols is 1. The van der Waals surface area contributed by atoms with Crippen LogP contribution in [0.25, 0.3) is 11.1 Å². The van der Waals surface area contributed by atoms with Crippen LogP contribution in [0.2, 0.25) is 0 Å². The van der Waals surface area contributed by atoms with Crippen LogP contribution in [0.4, 0.5) is 0 Å². The molecule has 0 unspecified atom stereocenters. The Labute approximate surface area is 90.0 Å². The lowest BCUT2D eigenvalue weighted by Crippen LogP contribution is -1.80. The molecule has 0 fully saturated rings. The van der Waals surface area contributed by atoms with Gasteiger partial charge in [0.25, 0.3) is 0 Å². The molecule has 0 aromatic heterocycles. The molecule has 2 aromatic rings. The first-order chi connectivity index (χ1) is 7.16. The predicted octanol–water partition coefficient (Wildman–Crippen LogP) is 3.68. The molecule has 0 atom stereocenters. The molecule has 76 valence electrons. The van der Waals surface area contributed by atoms with E-state index in [1.165, 1.54) is 11.1 Å². The number of hydrogen-bond acceptors (Lipinski definition) is 1. The van der Waals surface area contributed by atoms with Gasteiger partial charge >= 0.3 is 0 Å². The minimum absolute atomic E-state index is 0.353. The fourth-order valence-electron chi connectivity index (χ4n) is 1.58. The highest BCUT2D eigenvalue weighted by molar-refractivity contribution is 5.65. The van der Waals surface area contributed by atoms with Gasteiger partial charge in [-0.2, -0.15) is 0 Å². The van der Waals surface area contributed by atoms with Gasteiger partial charge in [-0.3, -0.25) is 0 Å². The lowest BCUT2D eigenvalue weighted by atomic mass is 10.0. The van der Waals surface area contributed by atoms with E-state index in [-0.39, 0.29) is 0 Å². The molecule has 1 N–H and O–H groups in total. The summed E-state index contributed by atoms with van der Waals surface area (Å²) >= 11 is 0. The Morgan fingerprint density at radius 1 is 0.800 bits per heavy atom. The second-order valence-electron chi connectivity index (χ2n) is 3.87. The van der Waals surface area contributed by atoms with Gasteiger partial charge in [-0.1, -0.05) is 35.9 Å². The maximum absolute atomic E-state index is 9.43. The van der Waals surface area contributed by atoms with Crippen LogP contribution in [0.1, 0.15) is 11.1 Å². The molecular formula is C14H14O. The monoisotopic (exact) mass is 198 g/mol. The largest absolute Gasteiger partial charge is 0.508 e. The molecule has 0 saturated carbocycles. The van der Waals surface area contributed by atoms with Crippen molar-refractivity contribution in [1.29, 1.82) is 0 Å². The summed E-state index contributed by atoms with van der Waals surface area (Å²) in [4.78, 5) is 0. The van der Waals surface area contributed by atoms with E-state index in [1.807, 2.05) is 19.1 Å². The van der Waals surface area contributed by atoms with Crippen molar-refractivity contribution < 1.29 is 5.11 Å². The Morgan fingerprint density at radius 2 is 1.40 bits per heavy atom. The molecule has 0 aliphatic heterocycles. The van der Waals surface area contributed by atoms with Crippen molar-refractivity contribution in [3.05, 3.63) is 53.6 Å². The number of aromatic hydroxyl groups is 1. The fraction of sp³-hybridized carbons (Fsp3) is 0.143. The first-order valence-corrected chi connectivity index (χ1v) is 5.03. The van der Waals surface area contributed by atoms with Crippen LogP contribution in [0.3, 0.4) is 0 Å². The molecule has 2 aromatic carbocycles. The SMILES string of the molecule is Cc1ccc(-c2ccc(O)c(C)c2)cc1. The summed E-state index contributed by atoms with van der Waals surface area (Å²) in [6.07, 6.45) is 0. The quantitative estimate of drug-likeness (QED) is 0.741. The molecule has 15 heavy (non-hydrogen) atoms. The zero-order valence-corrected chi connectivity index (χ0v) is 8.99. The Kier molecular flexibility index (Phi) is 2.46. The summed E-state index contributed by atoms with van der Waals surface area (Å²) < 4.78 is 0. The van der Waals surface area contributed by atoms with Gasteiger partial charge in [0.2, 0.25) is 0 Å². The van der Waals surface area contributed by atoms with Crippen LogP contribution < -0.4 is 0 Å². The Bertz CT molecular complexity index is 469. The average molecular weight is 198 g/mol. The summed E-state index contributed by atoms with van der Waals surface area (Å²) in [6.45, 7) is 3.98. The Hall–Kier alpha value is -1.76. The maximum atomic E-state index is 9.43. The third kappa shape index (κ3) is 2.01. The minimum atomic E-state index is 0.353. The summed E-state index contributed by atoms with van der Waals surface area (Å²) in [7, 11) is 0. The molecule has 0 aliphatic carbocycles. The van der Waals surface area contributed by atoms with E-state index in [2.05, 4.69) is 31.2 Å². The van der Waals surface area contributed by atoms with Crippen molar-refractivity contribution in [2.45, 2.75) is 13.8 Å². The summed E-state index contributed by atoms with van der Waals surface area (Å²) in [5.41, 5.74) is 4.50. The summed E-state index contributed by atoms with van der Waals surface area (Å²) in [6, 6.07) is 14.1. The van der Waals surface area contributed by atoms with E-state index in [1.54, 1.807) is 6.07 Å². The predicted molar refractivity (Wildman–Crippen MR) is 63.0 cm³/mol. The van der Waals surface area contributed by atoms with E-state index >= 15 is 0 Å². The average Bonchev–Trinajstić information content (AvgIpc) is 2.23. The third-order valence-corrected chi connectivity index (χ3v) is 2.58. The molecule has 1 heteroatoms. The van der Waals surface area contributed by atoms with Crippen molar-refractivity contribution in [2.75, 3.05) is 0 Å². The van der Waals surface area contributed by atoms with Crippen molar-refractivity contribution in [3.8, 4) is 16.9 Å². The normalized spacial score (nSPS) is 10.3. The van der Waals surface area contributed by atoms with Crippen LogP contribution in [-0.4, -0.2) is 5.11 Å². The van der Waals surface area contributed by atoms with Gasteiger partial charge in [0, 0.05) is 0 Å². The molecule has 0 radical (unpaired) electrons. The van der Waals surface area contributed by atoms with Crippen LogP contribution in [0.5, 0.6) is 5.75 Å². The lowest BCUT2D eigenvalue weighted by Gasteiger charge is -2.04. The van der Waals surface area contributed by atoms with Gasteiger partial charge in [-0.25, -0.2) is 0 Å².